The average molecular weight is 2100 g/mol. The molecule has 12 N–H and O–H groups in total. The molecule has 0 radical (unpaired) electrons. The van der Waals surface area contributed by atoms with Crippen LogP contribution in [0.15, 0.2) is 178 Å². The molecule has 0 heterocycles. The van der Waals surface area contributed by atoms with Crippen LogP contribution < -0.4 is 42.9 Å². The van der Waals surface area contributed by atoms with Crippen molar-refractivity contribution >= 4 is 169 Å². The number of rotatable bonds is 24. The number of primary sulfonamides is 1. The van der Waals surface area contributed by atoms with Crippen molar-refractivity contribution < 1.29 is 126 Å². The fourth-order valence-corrected chi connectivity index (χ4v) is 27.3. The number of alkyl halides is 1. The van der Waals surface area contributed by atoms with E-state index in [1.807, 2.05) is 70.3 Å². The van der Waals surface area contributed by atoms with Crippen LogP contribution in [0, 0.1) is 7.43 Å². The molecule has 0 aliphatic heterocycles. The first-order valence-electron chi connectivity index (χ1n) is 37.3. The Labute approximate surface area is 795 Å². The first kappa shape index (κ1) is 127. The molecule has 708 valence electrons. The molecule has 127 heavy (non-hydrogen) atoms. The van der Waals surface area contributed by atoms with Gasteiger partial charge in [-0.3, -0.25) is 12.6 Å². The molecule has 0 bridgehead atoms. The van der Waals surface area contributed by atoms with Crippen LogP contribution in [-0.4, -0.2) is 178 Å². The van der Waals surface area contributed by atoms with Crippen LogP contribution in [-0.2, 0) is 133 Å². The Morgan fingerprint density at radius 2 is 0.598 bits per heavy atom. The Kier molecular flexibility index (Phi) is 54.3. The molecule has 0 aliphatic rings. The summed E-state index contributed by atoms with van der Waals surface area (Å²) < 4.78 is 162. The standard InChI is InChI=1S/C16H30N2O2SSi.C15H26N2O3SSi.C15H25NO4SSi.C9H9BrO2.C9H9ClO4S.C9H11NO4S.C9H10O5S.CH3.BrH.Mg.H3N/c1-15(2,3)22(6,7)18-21(17,20)12-13-8-10-14(11-9-13)16(4,5)19;1-15(2,3)22(5,6)17-21(16,19)11-12-7-9-13(10-8-12)14(18)20-4;1-15(2,3)22(5,6)16-21(18,19)11-12-7-9-13(10-8-12)14(17)20-4;1-12-9(11)8-4-2-7(6-10)3-5-8;2*1-14-9(11)8-4-2-7(3-5-8)6-15(10,12)13;1-14-9(10)8-4-2-7(3-5-8)6-15(11,12)13;;;;/h8-11,19H,12H2,1-7H3,(H2,17,18,20);7-10H,11H2,1-6H3,(H2,16,17,19);7-10,16H,11H2,1-6H3;2-5H,6H2,1H3;2-5H,6H2,1H3;2-5H,6H2,1H3,(H2,10,12,13);2-5H,6H2,1H3,(H,11,12,13);1H3;1H;;1H3/q;;;;;;;-1;;+2;/p-1. The van der Waals surface area contributed by atoms with E-state index in [1.54, 1.807) is 74.5 Å². The smallest absolute Gasteiger partial charge is 1.00 e. The monoisotopic (exact) mass is 2100 g/mol. The Balaban J connectivity index is -0.000000698. The summed E-state index contributed by atoms with van der Waals surface area (Å²) in [5.74, 6) is -3.18. The molecule has 7 aromatic carbocycles. The van der Waals surface area contributed by atoms with Gasteiger partial charge in [0.25, 0.3) is 10.1 Å². The minimum atomic E-state index is -4.03. The van der Waals surface area contributed by atoms with E-state index in [0.717, 1.165) is 27.6 Å². The van der Waals surface area contributed by atoms with Crippen molar-refractivity contribution in [2.24, 2.45) is 23.5 Å². The first-order valence-corrected chi connectivity index (χ1v) is 58.3. The fraction of sp³-hybridized carbons (Fsp3) is 0.410. The van der Waals surface area contributed by atoms with Gasteiger partial charge in [0.2, 0.25) is 29.1 Å². The minimum absolute atomic E-state index is 0. The average Bonchev–Trinajstić information content (AvgIpc) is 0.813. The van der Waals surface area contributed by atoms with Crippen LogP contribution in [0.25, 0.3) is 0 Å². The maximum Gasteiger partial charge on any atom is 2.00 e. The van der Waals surface area contributed by atoms with Crippen molar-refractivity contribution in [3.8, 4) is 0 Å². The van der Waals surface area contributed by atoms with Crippen LogP contribution in [0.4, 0.5) is 0 Å². The van der Waals surface area contributed by atoms with Gasteiger partial charge in [-0.1, -0.05) is 188 Å². The summed E-state index contributed by atoms with van der Waals surface area (Å²) in [5.41, 5.74) is 7.37. The number of sulfonamides is 2. The van der Waals surface area contributed by atoms with Crippen molar-refractivity contribution in [1.29, 1.82) is 0 Å². The largest absolute Gasteiger partial charge is 2.00 e. The number of halogens is 3. The van der Waals surface area contributed by atoms with E-state index in [0.29, 0.717) is 55.6 Å². The van der Waals surface area contributed by atoms with Gasteiger partial charge in [-0.15, -0.1) is 0 Å². The summed E-state index contributed by atoms with van der Waals surface area (Å²) in [4.78, 5) is 66.8. The van der Waals surface area contributed by atoms with Crippen LogP contribution in [0.3, 0.4) is 0 Å². The molecule has 7 aromatic rings. The fourth-order valence-electron chi connectivity index (χ4n) is 9.16. The maximum atomic E-state index is 12.7. The molecule has 0 aliphatic carbocycles. The number of nitrogens with two attached hydrogens (primary N) is 3. The number of esters is 6. The van der Waals surface area contributed by atoms with E-state index >= 15 is 0 Å². The third kappa shape index (κ3) is 49.5. The molecule has 0 amide bonds. The van der Waals surface area contributed by atoms with Gasteiger partial charge in [0.05, 0.1) is 110 Å². The number of carbonyl (C=O) groups excluding carboxylic acids is 6. The second-order valence-electron chi connectivity index (χ2n) is 32.9. The zero-order valence-corrected chi connectivity index (χ0v) is 89.9. The second kappa shape index (κ2) is 54.4. The van der Waals surface area contributed by atoms with E-state index in [4.69, 9.17) is 30.7 Å². The van der Waals surface area contributed by atoms with Crippen LogP contribution in [0.5, 0.6) is 0 Å². The summed E-state index contributed by atoms with van der Waals surface area (Å²) >= 11 is 3.32. The predicted octanol–water partition coefficient (Wildman–Crippen LogP) is 12.2. The quantitative estimate of drug-likeness (QED) is 0.00562. The van der Waals surface area contributed by atoms with Crippen LogP contribution in [0.1, 0.15) is 183 Å². The van der Waals surface area contributed by atoms with Crippen molar-refractivity contribution in [2.75, 3.05) is 42.7 Å². The van der Waals surface area contributed by atoms with Crippen molar-refractivity contribution in [2.45, 2.75) is 176 Å². The van der Waals surface area contributed by atoms with E-state index < -0.39 is 125 Å². The van der Waals surface area contributed by atoms with Gasteiger partial charge < -0.3 is 64.1 Å². The third-order valence-corrected chi connectivity index (χ3v) is 44.7. The summed E-state index contributed by atoms with van der Waals surface area (Å²) in [6, 6.07) is 45.7. The molecule has 0 fully saturated rings. The summed E-state index contributed by atoms with van der Waals surface area (Å²) in [5, 5.41) is 27.5. The number of ether oxygens (including phenoxy) is 6. The summed E-state index contributed by atoms with van der Waals surface area (Å²) in [7, 11) is -13.4. The molecule has 2 atom stereocenters. The van der Waals surface area contributed by atoms with Gasteiger partial charge in [-0.25, -0.2) is 82.2 Å². The van der Waals surface area contributed by atoms with Crippen LogP contribution >= 0.6 is 26.6 Å². The number of hydrogen-bond acceptors (Lipinski definition) is 26. The summed E-state index contributed by atoms with van der Waals surface area (Å²) in [6.45, 7) is 34.6. The van der Waals surface area contributed by atoms with Crippen LogP contribution in [0.2, 0.25) is 54.4 Å². The molecular formula is C83H126Br2ClMgN7O24S6Si3. The van der Waals surface area contributed by atoms with Gasteiger partial charge in [-0.2, -0.15) is 8.42 Å². The molecule has 0 aromatic heterocycles. The number of aliphatic hydroxyl groups is 1. The zero-order chi connectivity index (χ0) is 95.2. The Bertz CT molecular complexity index is 5230. The van der Waals surface area contributed by atoms with Gasteiger partial charge >= 0.3 is 58.9 Å². The van der Waals surface area contributed by atoms with Gasteiger partial charge in [0.15, 0.2) is 16.5 Å². The molecule has 0 saturated carbocycles. The van der Waals surface area contributed by atoms with E-state index in [-0.39, 0.29) is 103 Å². The maximum absolute atomic E-state index is 12.7. The van der Waals surface area contributed by atoms with E-state index in [1.165, 1.54) is 115 Å². The zero-order valence-electron chi connectivity index (χ0n) is 76.6. The van der Waals surface area contributed by atoms with Crippen molar-refractivity contribution in [3.63, 3.8) is 0 Å². The van der Waals surface area contributed by atoms with E-state index in [2.05, 4.69) is 125 Å². The molecule has 0 spiro atoms. The second-order valence-corrected chi connectivity index (χ2v) is 60.5. The number of methoxy groups -OCH3 is 6. The summed E-state index contributed by atoms with van der Waals surface area (Å²) in [6.07, 6.45) is 0. The molecule has 0 saturated heterocycles. The number of nitrogens with one attached hydrogen (secondary N) is 1. The molecule has 2 unspecified atom stereocenters. The topological polar surface area (TPSA) is 519 Å². The minimum Gasteiger partial charge on any atom is -1.00 e. The first-order chi connectivity index (χ1) is 55.9. The number of hydrogen-bond donors (Lipinski definition) is 7. The Morgan fingerprint density at radius 1 is 0.386 bits per heavy atom. The normalized spacial score (nSPS) is 12.5. The molecular weight excluding hydrogens is 1980 g/mol. The predicted molar refractivity (Wildman–Crippen MR) is 513 cm³/mol. The third-order valence-electron chi connectivity index (χ3n) is 18.9. The Morgan fingerprint density at radius 3 is 0.795 bits per heavy atom. The number of carbonyl (C=O) groups is 6. The SMILES string of the molecule is CC(C)(O)c1ccc(CS(N)(=O)=N[Si](C)(C)C(C)(C)C)cc1.COC(=O)c1ccc(CBr)cc1.COC(=O)c1ccc(CS(=O)(=O)Cl)cc1.COC(=O)c1ccc(CS(=O)(=O)N[Si](C)(C)C(C)(C)C)cc1.COC(=O)c1ccc(CS(=O)(=O)O)cc1.COC(=O)c1ccc(CS(N)(=O)=N[Si](C)(C)C(C)(C)C)cc1.COC(=O)c1ccc(CS(N)(=O)=O)cc1.N.[Br-].[CH3-].[Mg+2]. The number of benzene rings is 7. The van der Waals surface area contributed by atoms with Gasteiger partial charge in [0.1, 0.15) is 33.8 Å². The number of nitrogens with zero attached hydrogens (tertiary/aromatic N) is 2. The molecule has 7 rings (SSSR count). The van der Waals surface area contributed by atoms with Crippen molar-refractivity contribution in [1.82, 2.24) is 10.5 Å². The van der Waals surface area contributed by atoms with E-state index in [9.17, 15) is 76.0 Å². The van der Waals surface area contributed by atoms with Gasteiger partial charge in [0, 0.05) is 16.0 Å². The molecule has 44 heteroatoms. The molecule has 31 nitrogen and oxygen atoms in total. The van der Waals surface area contributed by atoms with Crippen molar-refractivity contribution in [3.05, 3.63) is 255 Å². The Hall–Kier alpha value is -6.55. The van der Waals surface area contributed by atoms with Gasteiger partial charge in [-0.05, 0) is 172 Å².